The van der Waals surface area contributed by atoms with E-state index in [2.05, 4.69) is 10.3 Å². The average Bonchev–Trinajstić information content (AvgIpc) is 2.80. The molecule has 0 saturated heterocycles. The summed E-state index contributed by atoms with van der Waals surface area (Å²) in [7, 11) is 0. The molecule has 2 aromatic rings. The number of benzene rings is 1. The topological polar surface area (TPSA) is 59.1 Å². The van der Waals surface area contributed by atoms with E-state index in [1.807, 2.05) is 19.1 Å². The second kappa shape index (κ2) is 4.68. The van der Waals surface area contributed by atoms with Gasteiger partial charge in [-0.3, -0.25) is 0 Å². The number of anilines is 1. The summed E-state index contributed by atoms with van der Waals surface area (Å²) < 4.78 is 12.6. The van der Waals surface area contributed by atoms with Gasteiger partial charge in [0, 0.05) is 0 Å². The van der Waals surface area contributed by atoms with Crippen molar-refractivity contribution in [2.75, 3.05) is 10.8 Å². The molecule has 1 aromatic carbocycles. The van der Waals surface area contributed by atoms with Gasteiger partial charge in [-0.05, 0) is 0 Å². The zero-order chi connectivity index (χ0) is 13.4. The number of aryl methyl sites for hydroxylation is 1. The van der Waals surface area contributed by atoms with Crippen molar-refractivity contribution in [2.24, 2.45) is 0 Å². The molecule has 0 aliphatic carbocycles. The van der Waals surface area contributed by atoms with Crippen LogP contribution in [0.3, 0.4) is 0 Å². The van der Waals surface area contributed by atoms with Crippen LogP contribution >= 0.6 is 0 Å². The third kappa shape index (κ3) is 2.22. The summed E-state index contributed by atoms with van der Waals surface area (Å²) in [6, 6.07) is 8.91. The molecule has 1 atom stereocenters. The third-order valence-electron chi connectivity index (χ3n) is 3.06. The summed E-state index contributed by atoms with van der Waals surface area (Å²) in [4.78, 5) is 16.4. The van der Waals surface area contributed by atoms with Gasteiger partial charge in [-0.1, -0.05) is 0 Å². The first kappa shape index (κ1) is 12.2. The summed E-state index contributed by atoms with van der Waals surface area (Å²) in [6.07, 6.45) is 1.58. The predicted octanol–water partition coefficient (Wildman–Crippen LogP) is 1.21. The molecular weight excluding hydrogens is 307 g/mol. The molecule has 0 bridgehead atoms. The molecule has 0 radical (unpaired) electrons. The third-order valence-corrected chi connectivity index (χ3v) is 5.65. The molecule has 0 spiro atoms. The van der Waals surface area contributed by atoms with Gasteiger partial charge < -0.3 is 0 Å². The van der Waals surface area contributed by atoms with Crippen LogP contribution in [0.2, 0.25) is 0 Å². The Morgan fingerprint density at radius 1 is 1.26 bits per heavy atom. The number of carbonyl (C=O) groups is 1. The maximum atomic E-state index is 12.3. The van der Waals surface area contributed by atoms with Crippen molar-refractivity contribution in [1.29, 1.82) is 0 Å². The van der Waals surface area contributed by atoms with Crippen LogP contribution in [0.4, 0.5) is 5.69 Å². The van der Waals surface area contributed by atoms with Crippen LogP contribution in [0.1, 0.15) is 21.6 Å². The van der Waals surface area contributed by atoms with E-state index in [9.17, 15) is 8.63 Å². The SMILES string of the molecule is Cc1ccc(C(=O)c2ccc3c(c2)[Se](=O)CN3)cn1. The van der Waals surface area contributed by atoms with E-state index in [1.54, 1.807) is 24.4 Å². The quantitative estimate of drug-likeness (QED) is 0.668. The molecule has 96 valence electrons. The average molecular weight is 319 g/mol. The van der Waals surface area contributed by atoms with Gasteiger partial charge in [-0.15, -0.1) is 0 Å². The molecule has 0 amide bonds. The number of nitrogens with zero attached hydrogens (tertiary/aromatic N) is 1. The number of nitrogens with one attached hydrogen (secondary N) is 1. The second-order valence-electron chi connectivity index (χ2n) is 4.39. The first-order chi connectivity index (χ1) is 9.15. The Morgan fingerprint density at radius 2 is 2.05 bits per heavy atom. The van der Waals surface area contributed by atoms with Crippen molar-refractivity contribution < 1.29 is 8.63 Å². The molecule has 1 unspecified atom stereocenters. The summed E-state index contributed by atoms with van der Waals surface area (Å²) in [5.74, 6) is -0.0824. The number of pyridine rings is 1. The number of rotatable bonds is 2. The van der Waals surface area contributed by atoms with E-state index in [4.69, 9.17) is 0 Å². The number of fused-ring (bicyclic) bond motifs is 1. The van der Waals surface area contributed by atoms with Crippen LogP contribution in [0.5, 0.6) is 0 Å². The fraction of sp³-hybridized carbons (Fsp3) is 0.143. The fourth-order valence-corrected chi connectivity index (χ4v) is 4.27. The van der Waals surface area contributed by atoms with Crippen molar-refractivity contribution >= 4 is 29.8 Å². The van der Waals surface area contributed by atoms with Gasteiger partial charge in [0.15, 0.2) is 0 Å². The fourth-order valence-electron chi connectivity index (χ4n) is 1.99. The standard InChI is InChI=1S/C14H12N2O2Se/c1-9-2-3-11(7-15-9)14(17)10-4-5-12-13(6-10)19(18)8-16-12/h2-7,16H,8H2,1H3. The summed E-state index contributed by atoms with van der Waals surface area (Å²) in [6.45, 7) is 1.88. The number of aromatic nitrogens is 1. The molecule has 19 heavy (non-hydrogen) atoms. The molecule has 1 aromatic heterocycles. The van der Waals surface area contributed by atoms with E-state index < -0.39 is 13.8 Å². The van der Waals surface area contributed by atoms with Gasteiger partial charge in [0.05, 0.1) is 0 Å². The Morgan fingerprint density at radius 3 is 2.79 bits per heavy atom. The van der Waals surface area contributed by atoms with Crippen LogP contribution in [0.15, 0.2) is 36.5 Å². The van der Waals surface area contributed by atoms with Crippen LogP contribution in [0, 0.1) is 6.92 Å². The molecule has 1 aliphatic heterocycles. The minimum absolute atomic E-state index is 0.0824. The summed E-state index contributed by atoms with van der Waals surface area (Å²) >= 11 is -2.01. The Kier molecular flexibility index (Phi) is 3.01. The van der Waals surface area contributed by atoms with Gasteiger partial charge in [-0.2, -0.15) is 0 Å². The van der Waals surface area contributed by atoms with Crippen LogP contribution in [0.25, 0.3) is 0 Å². The monoisotopic (exact) mass is 320 g/mol. The van der Waals surface area contributed by atoms with Crippen molar-refractivity contribution in [3.63, 3.8) is 0 Å². The molecule has 0 saturated carbocycles. The zero-order valence-corrected chi connectivity index (χ0v) is 12.1. The van der Waals surface area contributed by atoms with E-state index in [0.717, 1.165) is 15.8 Å². The molecule has 5 heteroatoms. The summed E-state index contributed by atoms with van der Waals surface area (Å²) in [5, 5.41) is 3.08. The zero-order valence-electron chi connectivity index (χ0n) is 10.3. The van der Waals surface area contributed by atoms with E-state index >= 15 is 0 Å². The van der Waals surface area contributed by atoms with E-state index in [-0.39, 0.29) is 5.78 Å². The molecule has 1 N–H and O–H groups in total. The Bertz CT molecular complexity index is 680. The Hall–Kier alpha value is -1.84. The Balaban J connectivity index is 1.99. The van der Waals surface area contributed by atoms with Gasteiger partial charge >= 0.3 is 114 Å². The number of hydrogen-bond acceptors (Lipinski definition) is 4. The summed E-state index contributed by atoms with van der Waals surface area (Å²) in [5.41, 5.74) is 3.40. The van der Waals surface area contributed by atoms with Crippen molar-refractivity contribution in [2.45, 2.75) is 6.92 Å². The van der Waals surface area contributed by atoms with E-state index in [0.29, 0.717) is 16.6 Å². The van der Waals surface area contributed by atoms with Gasteiger partial charge in [-0.25, -0.2) is 0 Å². The number of hydrogen-bond donors (Lipinski definition) is 1. The normalized spacial score (nSPS) is 16.8. The molecule has 4 nitrogen and oxygen atoms in total. The first-order valence-electron chi connectivity index (χ1n) is 5.89. The molecule has 3 rings (SSSR count). The molecule has 0 fully saturated rings. The second-order valence-corrected chi connectivity index (χ2v) is 7.37. The van der Waals surface area contributed by atoms with Gasteiger partial charge in [0.25, 0.3) is 0 Å². The van der Waals surface area contributed by atoms with Crippen LogP contribution < -0.4 is 9.78 Å². The minimum atomic E-state index is -2.01. The van der Waals surface area contributed by atoms with Crippen molar-refractivity contribution in [3.05, 3.63) is 53.3 Å². The Labute approximate surface area is 115 Å². The van der Waals surface area contributed by atoms with Gasteiger partial charge in [0.1, 0.15) is 0 Å². The van der Waals surface area contributed by atoms with Crippen molar-refractivity contribution in [3.8, 4) is 0 Å². The van der Waals surface area contributed by atoms with Crippen molar-refractivity contribution in [1.82, 2.24) is 4.98 Å². The first-order valence-corrected chi connectivity index (χ1v) is 8.65. The van der Waals surface area contributed by atoms with Gasteiger partial charge in [0.2, 0.25) is 0 Å². The molecule has 1 aliphatic rings. The number of ketones is 1. The maximum absolute atomic E-state index is 12.3. The molecular formula is C14H12N2O2Se. The van der Waals surface area contributed by atoms with E-state index in [1.165, 1.54) is 0 Å². The van der Waals surface area contributed by atoms with Crippen LogP contribution in [-0.2, 0) is 3.83 Å². The number of carbonyl (C=O) groups excluding carboxylic acids is 1. The predicted molar refractivity (Wildman–Crippen MR) is 73.4 cm³/mol. The van der Waals surface area contributed by atoms with Crippen LogP contribution in [-0.4, -0.2) is 30.0 Å². The molecule has 2 heterocycles.